The first kappa shape index (κ1) is 10.4. The number of thiophene rings is 1. The Morgan fingerprint density at radius 2 is 2.24 bits per heavy atom. The molecule has 0 saturated carbocycles. The molecule has 1 N–H and O–H groups in total. The molecule has 0 bridgehead atoms. The number of hydrogen-bond acceptors (Lipinski definition) is 2. The zero-order valence-electron chi connectivity index (χ0n) is 9.57. The van der Waals surface area contributed by atoms with Crippen LogP contribution in [0.4, 0.5) is 0 Å². The van der Waals surface area contributed by atoms with Gasteiger partial charge >= 0.3 is 0 Å². The minimum Gasteiger partial charge on any atom is -0.497 e. The smallest absolute Gasteiger partial charge is 0.119 e. The van der Waals surface area contributed by atoms with Crippen LogP contribution in [0.1, 0.15) is 10.4 Å². The lowest BCUT2D eigenvalue weighted by Gasteiger charge is -2.01. The maximum Gasteiger partial charge on any atom is 0.119 e. The molecular weight excluding hydrogens is 230 g/mol. The molecule has 0 radical (unpaired) electrons. The number of H-pyrrole nitrogens is 1. The van der Waals surface area contributed by atoms with E-state index in [9.17, 15) is 0 Å². The fourth-order valence-electron chi connectivity index (χ4n) is 2.03. The topological polar surface area (TPSA) is 25.0 Å². The molecular formula is C14H13NOS. The maximum absolute atomic E-state index is 5.27. The lowest BCUT2D eigenvalue weighted by Crippen LogP contribution is -1.84. The van der Waals surface area contributed by atoms with Crippen LogP contribution in [0.15, 0.2) is 41.9 Å². The molecule has 0 fully saturated rings. The summed E-state index contributed by atoms with van der Waals surface area (Å²) in [5, 5.41) is 3.36. The van der Waals surface area contributed by atoms with Crippen molar-refractivity contribution < 1.29 is 4.74 Å². The highest BCUT2D eigenvalue weighted by Crippen LogP contribution is 2.26. The predicted molar refractivity (Wildman–Crippen MR) is 72.0 cm³/mol. The van der Waals surface area contributed by atoms with Gasteiger partial charge in [-0.3, -0.25) is 0 Å². The Hall–Kier alpha value is -1.74. The van der Waals surface area contributed by atoms with Gasteiger partial charge in [-0.15, -0.1) is 11.3 Å². The summed E-state index contributed by atoms with van der Waals surface area (Å²) in [6.45, 7) is 0. The summed E-state index contributed by atoms with van der Waals surface area (Å²) < 4.78 is 5.27. The molecule has 86 valence electrons. The van der Waals surface area contributed by atoms with Gasteiger partial charge in [-0.05, 0) is 35.2 Å². The summed E-state index contributed by atoms with van der Waals surface area (Å²) in [6, 6.07) is 10.4. The molecule has 2 nitrogen and oxygen atoms in total. The highest BCUT2D eigenvalue weighted by Gasteiger charge is 2.06. The van der Waals surface area contributed by atoms with Gasteiger partial charge in [-0.1, -0.05) is 6.07 Å². The van der Waals surface area contributed by atoms with Crippen molar-refractivity contribution >= 4 is 22.2 Å². The zero-order valence-corrected chi connectivity index (χ0v) is 10.4. The predicted octanol–water partition coefficient (Wildman–Crippen LogP) is 3.83. The fourth-order valence-corrected chi connectivity index (χ4v) is 2.76. The van der Waals surface area contributed by atoms with Crippen molar-refractivity contribution in [2.75, 3.05) is 7.11 Å². The molecule has 0 saturated heterocycles. The van der Waals surface area contributed by atoms with Gasteiger partial charge in [0.15, 0.2) is 0 Å². The molecule has 1 aromatic carbocycles. The van der Waals surface area contributed by atoms with Crippen LogP contribution < -0.4 is 4.74 Å². The Labute approximate surface area is 104 Å². The quantitative estimate of drug-likeness (QED) is 0.743. The van der Waals surface area contributed by atoms with Crippen molar-refractivity contribution in [1.29, 1.82) is 0 Å². The van der Waals surface area contributed by atoms with Gasteiger partial charge in [-0.2, -0.15) is 0 Å². The minimum absolute atomic E-state index is 0.907. The lowest BCUT2D eigenvalue weighted by atomic mass is 10.1. The van der Waals surface area contributed by atoms with Gasteiger partial charge in [0.1, 0.15) is 5.75 Å². The van der Waals surface area contributed by atoms with E-state index in [1.54, 1.807) is 18.4 Å². The summed E-state index contributed by atoms with van der Waals surface area (Å²) in [4.78, 5) is 4.68. The van der Waals surface area contributed by atoms with Crippen LogP contribution in [-0.2, 0) is 6.42 Å². The molecule has 3 aromatic rings. The third-order valence-electron chi connectivity index (χ3n) is 2.92. The summed E-state index contributed by atoms with van der Waals surface area (Å²) >= 11 is 1.79. The molecule has 3 heteroatoms. The summed E-state index contributed by atoms with van der Waals surface area (Å²) in [5.41, 5.74) is 2.48. The number of fused-ring (bicyclic) bond motifs is 1. The fraction of sp³-hybridized carbons (Fsp3) is 0.143. The van der Waals surface area contributed by atoms with Crippen molar-refractivity contribution in [3.8, 4) is 5.75 Å². The van der Waals surface area contributed by atoms with Crippen LogP contribution in [0.2, 0.25) is 0 Å². The first-order valence-electron chi connectivity index (χ1n) is 5.53. The van der Waals surface area contributed by atoms with Crippen LogP contribution in [0.3, 0.4) is 0 Å². The summed E-state index contributed by atoms with van der Waals surface area (Å²) in [5.74, 6) is 0.907. The first-order chi connectivity index (χ1) is 8.36. The van der Waals surface area contributed by atoms with Gasteiger partial charge in [0.05, 0.1) is 7.11 Å². The Kier molecular flexibility index (Phi) is 2.61. The molecule has 0 aliphatic rings. The summed E-state index contributed by atoms with van der Waals surface area (Å²) in [7, 11) is 1.70. The largest absolute Gasteiger partial charge is 0.497 e. The van der Waals surface area contributed by atoms with Crippen molar-refractivity contribution in [2.45, 2.75) is 6.42 Å². The van der Waals surface area contributed by atoms with Crippen LogP contribution in [0.25, 0.3) is 10.9 Å². The molecule has 0 aliphatic heterocycles. The van der Waals surface area contributed by atoms with Crippen LogP contribution in [0, 0.1) is 0 Å². The number of aromatic amines is 1. The third-order valence-corrected chi connectivity index (χ3v) is 3.80. The van der Waals surface area contributed by atoms with Gasteiger partial charge in [0.2, 0.25) is 0 Å². The van der Waals surface area contributed by atoms with Crippen LogP contribution in [0.5, 0.6) is 5.75 Å². The standard InChI is InChI=1S/C14H13NOS/c1-16-11-4-5-14-13(8-11)10(9-15-14)7-12-3-2-6-17-12/h2-6,8-9,15H,7H2,1H3. The third kappa shape index (κ3) is 1.94. The molecule has 2 heterocycles. The number of benzene rings is 1. The van der Waals surface area contributed by atoms with E-state index in [4.69, 9.17) is 4.74 Å². The van der Waals surface area contributed by atoms with Crippen molar-refractivity contribution in [3.63, 3.8) is 0 Å². The number of methoxy groups -OCH3 is 1. The minimum atomic E-state index is 0.907. The second kappa shape index (κ2) is 4.26. The van der Waals surface area contributed by atoms with Gasteiger partial charge in [0.25, 0.3) is 0 Å². The van der Waals surface area contributed by atoms with Gasteiger partial charge in [0, 0.05) is 28.4 Å². The van der Waals surface area contributed by atoms with Crippen LogP contribution in [-0.4, -0.2) is 12.1 Å². The number of ether oxygens (including phenoxy) is 1. The highest BCUT2D eigenvalue weighted by molar-refractivity contribution is 7.09. The SMILES string of the molecule is COc1ccc2[nH]cc(Cc3cccs3)c2c1. The highest BCUT2D eigenvalue weighted by atomic mass is 32.1. The van der Waals surface area contributed by atoms with E-state index in [1.165, 1.54) is 15.8 Å². The Balaban J connectivity index is 2.04. The lowest BCUT2D eigenvalue weighted by molar-refractivity contribution is 0.415. The zero-order chi connectivity index (χ0) is 11.7. The van der Waals surface area contributed by atoms with E-state index in [0.29, 0.717) is 0 Å². The molecule has 0 aliphatic carbocycles. The molecule has 2 aromatic heterocycles. The second-order valence-corrected chi connectivity index (χ2v) is 5.01. The van der Waals surface area contributed by atoms with E-state index in [-0.39, 0.29) is 0 Å². The summed E-state index contributed by atoms with van der Waals surface area (Å²) in [6.07, 6.45) is 3.06. The molecule has 0 atom stereocenters. The molecule has 3 rings (SSSR count). The maximum atomic E-state index is 5.27. The van der Waals surface area contributed by atoms with Crippen molar-refractivity contribution in [3.05, 3.63) is 52.3 Å². The molecule has 0 spiro atoms. The number of hydrogen-bond donors (Lipinski definition) is 1. The monoisotopic (exact) mass is 243 g/mol. The number of nitrogens with one attached hydrogen (secondary N) is 1. The number of rotatable bonds is 3. The van der Waals surface area contributed by atoms with Crippen LogP contribution >= 0.6 is 11.3 Å². The number of aromatic nitrogens is 1. The van der Waals surface area contributed by atoms with Gasteiger partial charge < -0.3 is 9.72 Å². The Morgan fingerprint density at radius 3 is 3.00 bits per heavy atom. The Bertz CT molecular complexity index is 625. The van der Waals surface area contributed by atoms with E-state index < -0.39 is 0 Å². The van der Waals surface area contributed by atoms with Crippen molar-refractivity contribution in [2.24, 2.45) is 0 Å². The average molecular weight is 243 g/mol. The average Bonchev–Trinajstić information content (AvgIpc) is 2.99. The van der Waals surface area contributed by atoms with E-state index in [2.05, 4.69) is 40.8 Å². The molecule has 17 heavy (non-hydrogen) atoms. The van der Waals surface area contributed by atoms with Crippen molar-refractivity contribution in [1.82, 2.24) is 4.98 Å². The first-order valence-corrected chi connectivity index (χ1v) is 6.41. The van der Waals surface area contributed by atoms with E-state index >= 15 is 0 Å². The van der Waals surface area contributed by atoms with E-state index in [1.807, 2.05) is 6.07 Å². The molecule has 0 unspecified atom stereocenters. The Morgan fingerprint density at radius 1 is 1.29 bits per heavy atom. The second-order valence-electron chi connectivity index (χ2n) is 3.98. The normalized spacial score (nSPS) is 10.9. The molecule has 0 amide bonds. The van der Waals surface area contributed by atoms with E-state index in [0.717, 1.165) is 17.7 Å². The van der Waals surface area contributed by atoms with Gasteiger partial charge in [-0.25, -0.2) is 0 Å².